The van der Waals surface area contributed by atoms with Crippen molar-refractivity contribution in [2.45, 2.75) is 50.8 Å². The highest BCUT2D eigenvalue weighted by molar-refractivity contribution is 6.09. The highest BCUT2D eigenvalue weighted by atomic mass is 19.3. The number of benzene rings is 1. The first-order valence-electron chi connectivity index (χ1n) is 9.22. The fraction of sp³-hybridized carbons (Fsp3) is 0.526. The van der Waals surface area contributed by atoms with Crippen LogP contribution in [0.2, 0.25) is 0 Å². The molecule has 1 spiro atoms. The van der Waals surface area contributed by atoms with Gasteiger partial charge in [-0.05, 0) is 30.5 Å². The van der Waals surface area contributed by atoms with Crippen LogP contribution < -0.4 is 10.1 Å². The Kier molecular flexibility index (Phi) is 5.81. The van der Waals surface area contributed by atoms with Crippen LogP contribution in [0, 0.1) is 0 Å². The number of nitrogens with one attached hydrogen (secondary N) is 1. The molecule has 1 aromatic rings. The molecule has 7 nitrogen and oxygen atoms in total. The SMILES string of the molecule is CN(Cc1ccc(OC(F)F)cc1)C(=O)CN1C(=O)NC2(CCCCC2)C1=O. The molecule has 0 aromatic heterocycles. The average Bonchev–Trinajstić information content (AvgIpc) is 2.87. The number of nitrogens with zero attached hydrogens (tertiary/aromatic N) is 2. The third-order valence-electron chi connectivity index (χ3n) is 5.24. The summed E-state index contributed by atoms with van der Waals surface area (Å²) < 4.78 is 28.7. The molecule has 1 N–H and O–H groups in total. The van der Waals surface area contributed by atoms with E-state index in [1.54, 1.807) is 19.2 Å². The summed E-state index contributed by atoms with van der Waals surface area (Å²) in [5.41, 5.74) is -0.146. The van der Waals surface area contributed by atoms with Crippen molar-refractivity contribution in [1.82, 2.24) is 15.1 Å². The second kappa shape index (κ2) is 8.12. The summed E-state index contributed by atoms with van der Waals surface area (Å²) in [6.45, 7) is -3.01. The van der Waals surface area contributed by atoms with Gasteiger partial charge in [0.2, 0.25) is 5.91 Å². The monoisotopic (exact) mass is 395 g/mol. The van der Waals surface area contributed by atoms with Crippen molar-refractivity contribution in [3.8, 4) is 5.75 Å². The lowest BCUT2D eigenvalue weighted by Gasteiger charge is -2.30. The van der Waals surface area contributed by atoms with E-state index in [0.29, 0.717) is 18.4 Å². The van der Waals surface area contributed by atoms with Crippen LogP contribution in [-0.4, -0.2) is 53.4 Å². The van der Waals surface area contributed by atoms with E-state index in [-0.39, 0.29) is 30.7 Å². The molecule has 1 aliphatic heterocycles. The van der Waals surface area contributed by atoms with Gasteiger partial charge in [0.15, 0.2) is 0 Å². The Morgan fingerprint density at radius 3 is 2.46 bits per heavy atom. The zero-order valence-electron chi connectivity index (χ0n) is 15.6. The number of hydrogen-bond donors (Lipinski definition) is 1. The number of alkyl halides is 2. The second-order valence-electron chi connectivity index (χ2n) is 7.24. The van der Waals surface area contributed by atoms with Crippen molar-refractivity contribution in [1.29, 1.82) is 0 Å². The van der Waals surface area contributed by atoms with Crippen molar-refractivity contribution in [3.05, 3.63) is 29.8 Å². The number of rotatable bonds is 6. The number of imide groups is 1. The van der Waals surface area contributed by atoms with E-state index in [9.17, 15) is 23.2 Å². The van der Waals surface area contributed by atoms with Gasteiger partial charge in [-0.1, -0.05) is 31.4 Å². The molecule has 1 saturated carbocycles. The second-order valence-corrected chi connectivity index (χ2v) is 7.24. The molecule has 1 aliphatic carbocycles. The van der Waals surface area contributed by atoms with Crippen LogP contribution in [0.3, 0.4) is 0 Å². The molecule has 3 rings (SSSR count). The first-order valence-corrected chi connectivity index (χ1v) is 9.22. The highest BCUT2D eigenvalue weighted by Crippen LogP contribution is 2.33. The summed E-state index contributed by atoms with van der Waals surface area (Å²) in [5, 5.41) is 2.78. The number of urea groups is 1. The largest absolute Gasteiger partial charge is 0.435 e. The standard InChI is InChI=1S/C19H23F2N3O4/c1-23(11-13-5-7-14(8-6-13)28-17(20)21)15(25)12-24-16(26)19(22-18(24)27)9-3-2-4-10-19/h5-8,17H,2-4,9-12H2,1H3,(H,22,27). The Labute approximate surface area is 161 Å². The third-order valence-corrected chi connectivity index (χ3v) is 5.24. The minimum Gasteiger partial charge on any atom is -0.435 e. The van der Waals surface area contributed by atoms with E-state index in [1.807, 2.05) is 0 Å². The maximum atomic E-state index is 12.7. The molecule has 1 aromatic carbocycles. The molecule has 0 bridgehead atoms. The molecule has 0 atom stereocenters. The quantitative estimate of drug-likeness (QED) is 0.751. The van der Waals surface area contributed by atoms with Crippen molar-refractivity contribution in [2.24, 2.45) is 0 Å². The van der Waals surface area contributed by atoms with Crippen LogP contribution >= 0.6 is 0 Å². The maximum Gasteiger partial charge on any atom is 0.387 e. The summed E-state index contributed by atoms with van der Waals surface area (Å²) in [7, 11) is 1.56. The minimum atomic E-state index is -2.90. The van der Waals surface area contributed by atoms with Crippen LogP contribution in [0.5, 0.6) is 5.75 Å². The zero-order chi connectivity index (χ0) is 20.3. The Morgan fingerprint density at radius 1 is 1.21 bits per heavy atom. The highest BCUT2D eigenvalue weighted by Gasteiger charge is 2.51. The van der Waals surface area contributed by atoms with Crippen LogP contribution in [0.1, 0.15) is 37.7 Å². The normalized spacial score (nSPS) is 18.5. The van der Waals surface area contributed by atoms with Crippen molar-refractivity contribution in [2.75, 3.05) is 13.6 Å². The van der Waals surface area contributed by atoms with E-state index in [4.69, 9.17) is 0 Å². The molecule has 1 heterocycles. The average molecular weight is 395 g/mol. The van der Waals surface area contributed by atoms with E-state index in [2.05, 4.69) is 10.1 Å². The van der Waals surface area contributed by atoms with Gasteiger partial charge in [0, 0.05) is 13.6 Å². The summed E-state index contributed by atoms with van der Waals surface area (Å²) in [6, 6.07) is 5.41. The zero-order valence-corrected chi connectivity index (χ0v) is 15.6. The van der Waals surface area contributed by atoms with Crippen LogP contribution in [0.4, 0.5) is 13.6 Å². The molecule has 2 fully saturated rings. The molecule has 2 aliphatic rings. The summed E-state index contributed by atoms with van der Waals surface area (Å²) in [4.78, 5) is 39.9. The molecule has 28 heavy (non-hydrogen) atoms. The number of amides is 4. The maximum absolute atomic E-state index is 12.7. The lowest BCUT2D eigenvalue weighted by Crippen LogP contribution is -2.49. The van der Waals surface area contributed by atoms with Gasteiger partial charge >= 0.3 is 12.6 Å². The van der Waals surface area contributed by atoms with Gasteiger partial charge < -0.3 is 15.0 Å². The van der Waals surface area contributed by atoms with E-state index in [1.165, 1.54) is 17.0 Å². The molecule has 4 amide bonds. The predicted octanol–water partition coefficient (Wildman–Crippen LogP) is 2.50. The minimum absolute atomic E-state index is 0.0323. The Bertz CT molecular complexity index is 748. The fourth-order valence-electron chi connectivity index (χ4n) is 3.71. The number of ether oxygens (including phenoxy) is 1. The molecular formula is C19H23F2N3O4. The summed E-state index contributed by atoms with van der Waals surface area (Å²) in [5.74, 6) is -0.679. The van der Waals surface area contributed by atoms with Crippen LogP contribution in [-0.2, 0) is 16.1 Å². The first-order chi connectivity index (χ1) is 13.3. The third kappa shape index (κ3) is 4.23. The van der Waals surface area contributed by atoms with E-state index >= 15 is 0 Å². The Hall–Kier alpha value is -2.71. The molecule has 9 heteroatoms. The van der Waals surface area contributed by atoms with E-state index < -0.39 is 18.2 Å². The van der Waals surface area contributed by atoms with Gasteiger partial charge in [-0.3, -0.25) is 14.5 Å². The van der Waals surface area contributed by atoms with Gasteiger partial charge in [0.25, 0.3) is 5.91 Å². The van der Waals surface area contributed by atoms with Crippen LogP contribution in [0.15, 0.2) is 24.3 Å². The number of carbonyl (C=O) groups excluding carboxylic acids is 3. The number of carbonyl (C=O) groups is 3. The molecule has 152 valence electrons. The Morgan fingerprint density at radius 2 is 1.86 bits per heavy atom. The molecule has 0 radical (unpaired) electrons. The smallest absolute Gasteiger partial charge is 0.387 e. The number of hydrogen-bond acceptors (Lipinski definition) is 4. The molecule has 1 saturated heterocycles. The van der Waals surface area contributed by atoms with Gasteiger partial charge in [-0.15, -0.1) is 0 Å². The van der Waals surface area contributed by atoms with Crippen molar-refractivity contribution in [3.63, 3.8) is 0 Å². The van der Waals surface area contributed by atoms with Gasteiger partial charge in [-0.25, -0.2) is 4.79 Å². The van der Waals surface area contributed by atoms with Gasteiger partial charge in [-0.2, -0.15) is 8.78 Å². The lowest BCUT2D eigenvalue weighted by atomic mass is 9.82. The summed E-state index contributed by atoms with van der Waals surface area (Å²) >= 11 is 0. The lowest BCUT2D eigenvalue weighted by molar-refractivity contribution is -0.139. The van der Waals surface area contributed by atoms with E-state index in [0.717, 1.165) is 24.2 Å². The van der Waals surface area contributed by atoms with Gasteiger partial charge in [0.1, 0.15) is 17.8 Å². The Balaban J connectivity index is 1.58. The first kappa shape index (κ1) is 20.0. The van der Waals surface area contributed by atoms with Crippen molar-refractivity contribution < 1.29 is 27.9 Å². The number of halogens is 2. The number of likely N-dealkylation sites (N-methyl/N-ethyl adjacent to an activating group) is 1. The summed E-state index contributed by atoms with van der Waals surface area (Å²) in [6.07, 6.45) is 3.99. The predicted molar refractivity (Wildman–Crippen MR) is 95.6 cm³/mol. The molecule has 0 unspecified atom stereocenters. The van der Waals surface area contributed by atoms with Crippen LogP contribution in [0.25, 0.3) is 0 Å². The van der Waals surface area contributed by atoms with Gasteiger partial charge in [0.05, 0.1) is 0 Å². The fourth-order valence-corrected chi connectivity index (χ4v) is 3.71. The molecular weight excluding hydrogens is 372 g/mol. The topological polar surface area (TPSA) is 79.0 Å². The van der Waals surface area contributed by atoms with Crippen molar-refractivity contribution >= 4 is 17.8 Å².